The number of aromatic carboxylic acids is 1. The van der Waals surface area contributed by atoms with E-state index in [1.165, 1.54) is 12.1 Å². The maximum Gasteiger partial charge on any atom is 0.433 e. The molecule has 0 aliphatic rings. The van der Waals surface area contributed by atoms with Crippen LogP contribution in [0.2, 0.25) is 0 Å². The first-order chi connectivity index (χ1) is 11.7. The van der Waals surface area contributed by atoms with E-state index < -0.39 is 29.2 Å². The maximum absolute atomic E-state index is 13.4. The summed E-state index contributed by atoms with van der Waals surface area (Å²) in [6, 6.07) is 4.27. The molecule has 0 radical (unpaired) electrons. The van der Waals surface area contributed by atoms with Gasteiger partial charge in [0.15, 0.2) is 0 Å². The number of pyridine rings is 1. The summed E-state index contributed by atoms with van der Waals surface area (Å²) in [4.78, 5) is 14.6. The molecule has 0 unspecified atom stereocenters. The van der Waals surface area contributed by atoms with Gasteiger partial charge in [-0.05, 0) is 42.7 Å². The molecule has 1 aromatic carbocycles. The average molecular weight is 354 g/mol. The Balaban J connectivity index is 2.43. The first-order valence-corrected chi connectivity index (χ1v) is 7.19. The Morgan fingerprint density at radius 1 is 1.28 bits per heavy atom. The van der Waals surface area contributed by atoms with Crippen molar-refractivity contribution < 1.29 is 27.5 Å². The van der Waals surface area contributed by atoms with Crippen molar-refractivity contribution in [2.45, 2.75) is 19.0 Å². The minimum atomic E-state index is -4.76. The van der Waals surface area contributed by atoms with Crippen LogP contribution in [0, 0.1) is 5.82 Å². The molecule has 25 heavy (non-hydrogen) atoms. The number of carbonyl (C=O) groups is 1. The molecular weight excluding hydrogens is 340 g/mol. The van der Waals surface area contributed by atoms with Gasteiger partial charge in [-0.2, -0.15) is 13.2 Å². The van der Waals surface area contributed by atoms with E-state index in [9.17, 15) is 27.5 Å². The number of anilines is 2. The number of aromatic nitrogens is 1. The summed E-state index contributed by atoms with van der Waals surface area (Å²) < 4.78 is 51.6. The highest BCUT2D eigenvalue weighted by atomic mass is 19.4. The second-order valence-corrected chi connectivity index (χ2v) is 5.17. The topological polar surface area (TPSA) is 62.2 Å². The number of hydrogen-bond acceptors (Lipinski definition) is 3. The number of nitrogens with zero attached hydrogens (tertiary/aromatic N) is 1. The van der Waals surface area contributed by atoms with Crippen LogP contribution in [0.1, 0.15) is 28.0 Å². The van der Waals surface area contributed by atoms with Gasteiger partial charge in [-0.1, -0.05) is 6.08 Å². The summed E-state index contributed by atoms with van der Waals surface area (Å²) in [5.74, 6) is -2.02. The second kappa shape index (κ2) is 7.33. The Labute approximate surface area is 140 Å². The smallest absolute Gasteiger partial charge is 0.433 e. The van der Waals surface area contributed by atoms with Crippen LogP contribution in [-0.2, 0) is 12.6 Å². The number of alkyl halides is 3. The number of hydrogen-bond donors (Lipinski definition) is 2. The molecule has 2 aromatic rings. The number of halogens is 4. The number of allylic oxidation sites excluding steroid dienone is 1. The van der Waals surface area contributed by atoms with Gasteiger partial charge in [0.25, 0.3) is 0 Å². The number of benzene rings is 1. The molecule has 8 heteroatoms. The molecule has 0 atom stereocenters. The van der Waals surface area contributed by atoms with Crippen molar-refractivity contribution >= 4 is 17.3 Å². The van der Waals surface area contributed by atoms with Crippen LogP contribution in [0.4, 0.5) is 28.9 Å². The number of carboxylic acids is 1. The molecule has 0 spiro atoms. The minimum Gasteiger partial charge on any atom is -0.478 e. The van der Waals surface area contributed by atoms with Crippen LogP contribution in [0.3, 0.4) is 0 Å². The van der Waals surface area contributed by atoms with Gasteiger partial charge in [-0.3, -0.25) is 0 Å². The number of aryl methyl sites for hydroxylation is 1. The molecule has 0 saturated carbocycles. The Hall–Kier alpha value is -2.90. The van der Waals surface area contributed by atoms with E-state index in [0.29, 0.717) is 30.2 Å². The van der Waals surface area contributed by atoms with E-state index in [2.05, 4.69) is 16.9 Å². The van der Waals surface area contributed by atoms with Crippen LogP contribution in [0.15, 0.2) is 43.1 Å². The van der Waals surface area contributed by atoms with Crippen LogP contribution >= 0.6 is 0 Å². The van der Waals surface area contributed by atoms with Crippen molar-refractivity contribution in [3.63, 3.8) is 0 Å². The molecular formula is C17H14F4N2O2. The predicted octanol–water partition coefficient (Wildman–Crippen LogP) is 4.80. The van der Waals surface area contributed by atoms with E-state index in [1.54, 1.807) is 6.08 Å². The fraction of sp³-hybridized carbons (Fsp3) is 0.176. The van der Waals surface area contributed by atoms with Crippen molar-refractivity contribution in [3.8, 4) is 0 Å². The van der Waals surface area contributed by atoms with E-state index in [-0.39, 0.29) is 5.69 Å². The summed E-state index contributed by atoms with van der Waals surface area (Å²) in [6.07, 6.45) is -1.34. The molecule has 0 fully saturated rings. The van der Waals surface area contributed by atoms with Crippen molar-refractivity contribution in [3.05, 3.63) is 65.8 Å². The van der Waals surface area contributed by atoms with Crippen molar-refractivity contribution in [2.24, 2.45) is 0 Å². The minimum absolute atomic E-state index is 0.119. The molecule has 0 bridgehead atoms. The highest BCUT2D eigenvalue weighted by molar-refractivity contribution is 5.95. The molecule has 0 saturated heterocycles. The van der Waals surface area contributed by atoms with Gasteiger partial charge < -0.3 is 10.4 Å². The summed E-state index contributed by atoms with van der Waals surface area (Å²) in [7, 11) is 0. The molecule has 132 valence electrons. The fourth-order valence-electron chi connectivity index (χ4n) is 2.18. The molecule has 4 nitrogen and oxygen atoms in total. The number of nitrogens with one attached hydrogen (secondary N) is 1. The van der Waals surface area contributed by atoms with Gasteiger partial charge >= 0.3 is 12.1 Å². The zero-order valence-electron chi connectivity index (χ0n) is 12.9. The zero-order valence-corrected chi connectivity index (χ0v) is 12.9. The molecule has 2 N–H and O–H groups in total. The van der Waals surface area contributed by atoms with E-state index in [4.69, 9.17) is 0 Å². The summed E-state index contributed by atoms with van der Waals surface area (Å²) in [5, 5.41) is 11.9. The number of carboxylic acid groups (broad SMARTS) is 1. The van der Waals surface area contributed by atoms with Crippen LogP contribution in [-0.4, -0.2) is 16.1 Å². The molecule has 2 rings (SSSR count). The lowest BCUT2D eigenvalue weighted by molar-refractivity contribution is -0.141. The summed E-state index contributed by atoms with van der Waals surface area (Å²) in [6.45, 7) is 3.57. The van der Waals surface area contributed by atoms with Gasteiger partial charge in [0, 0.05) is 5.69 Å². The molecule has 1 aromatic heterocycles. The lowest BCUT2D eigenvalue weighted by Crippen LogP contribution is -2.12. The largest absolute Gasteiger partial charge is 0.478 e. The highest BCUT2D eigenvalue weighted by Crippen LogP contribution is 2.31. The molecule has 0 aliphatic heterocycles. The van der Waals surface area contributed by atoms with Gasteiger partial charge in [-0.15, -0.1) is 6.58 Å². The molecule has 0 amide bonds. The normalized spacial score (nSPS) is 11.2. The summed E-state index contributed by atoms with van der Waals surface area (Å²) in [5.41, 5.74) is -1.09. The first kappa shape index (κ1) is 18.4. The maximum atomic E-state index is 13.4. The van der Waals surface area contributed by atoms with Crippen molar-refractivity contribution in [1.29, 1.82) is 0 Å². The third kappa shape index (κ3) is 4.56. The Bertz CT molecular complexity index is 804. The Morgan fingerprint density at radius 3 is 2.60 bits per heavy atom. The van der Waals surface area contributed by atoms with Crippen LogP contribution in [0.25, 0.3) is 0 Å². The zero-order chi connectivity index (χ0) is 18.6. The highest BCUT2D eigenvalue weighted by Gasteiger charge is 2.33. The Morgan fingerprint density at radius 2 is 2.00 bits per heavy atom. The van der Waals surface area contributed by atoms with Gasteiger partial charge in [0.2, 0.25) is 0 Å². The average Bonchev–Trinajstić information content (AvgIpc) is 2.54. The van der Waals surface area contributed by atoms with Gasteiger partial charge in [0.1, 0.15) is 11.5 Å². The van der Waals surface area contributed by atoms with Crippen molar-refractivity contribution in [1.82, 2.24) is 4.98 Å². The standard InChI is InChI=1S/C17H14F4N2O2/c1-2-3-4-10-7-11(18)5-6-13(10)23-14-9-22-15(17(19,20)21)8-12(14)16(24)25/h2,5-9,23H,1,3-4H2,(H,24,25). The lowest BCUT2D eigenvalue weighted by atomic mass is 10.1. The van der Waals surface area contributed by atoms with E-state index >= 15 is 0 Å². The van der Waals surface area contributed by atoms with E-state index in [1.807, 2.05) is 0 Å². The van der Waals surface area contributed by atoms with Gasteiger partial charge in [0.05, 0.1) is 17.4 Å². The van der Waals surface area contributed by atoms with Crippen LogP contribution in [0.5, 0.6) is 0 Å². The van der Waals surface area contributed by atoms with Crippen LogP contribution < -0.4 is 5.32 Å². The monoisotopic (exact) mass is 354 g/mol. The van der Waals surface area contributed by atoms with E-state index in [0.717, 1.165) is 12.3 Å². The Kier molecular flexibility index (Phi) is 5.41. The molecule has 1 heterocycles. The SMILES string of the molecule is C=CCCc1cc(F)ccc1Nc1cnc(C(F)(F)F)cc1C(=O)O. The first-order valence-electron chi connectivity index (χ1n) is 7.19. The quantitative estimate of drug-likeness (QED) is 0.578. The third-order valence-corrected chi connectivity index (χ3v) is 3.38. The summed E-state index contributed by atoms with van der Waals surface area (Å²) >= 11 is 0. The lowest BCUT2D eigenvalue weighted by Gasteiger charge is -2.15. The van der Waals surface area contributed by atoms with Crippen molar-refractivity contribution in [2.75, 3.05) is 5.32 Å². The van der Waals surface area contributed by atoms with Gasteiger partial charge in [-0.25, -0.2) is 14.2 Å². The number of rotatable bonds is 6. The second-order valence-electron chi connectivity index (χ2n) is 5.17. The fourth-order valence-corrected chi connectivity index (χ4v) is 2.18. The third-order valence-electron chi connectivity index (χ3n) is 3.38. The molecule has 0 aliphatic carbocycles. The predicted molar refractivity (Wildman–Crippen MR) is 84.4 cm³/mol.